The third-order valence-electron chi connectivity index (χ3n) is 3.39. The molecule has 0 bridgehead atoms. The monoisotopic (exact) mass is 296 g/mol. The molecule has 0 aliphatic carbocycles. The van der Waals surface area contributed by atoms with Crippen LogP contribution in [0.4, 0.5) is 5.69 Å². The highest BCUT2D eigenvalue weighted by atomic mass is 16.3. The van der Waals surface area contributed by atoms with E-state index in [9.17, 15) is 20.1 Å². The van der Waals surface area contributed by atoms with Gasteiger partial charge in [0.2, 0.25) is 5.91 Å². The van der Waals surface area contributed by atoms with Gasteiger partial charge in [-0.1, -0.05) is 6.07 Å². The van der Waals surface area contributed by atoms with Crippen molar-refractivity contribution in [1.29, 1.82) is 0 Å². The second kappa shape index (κ2) is 7.85. The quantitative estimate of drug-likeness (QED) is 0.596. The average molecular weight is 296 g/mol. The summed E-state index contributed by atoms with van der Waals surface area (Å²) in [6, 6.07) is 4.94. The number of anilines is 1. The Kier molecular flexibility index (Phi) is 6.45. The Morgan fingerprint density at radius 1 is 1.29 bits per heavy atom. The van der Waals surface area contributed by atoms with Gasteiger partial charge in [-0.3, -0.25) is 4.79 Å². The van der Waals surface area contributed by atoms with Gasteiger partial charge < -0.3 is 25.5 Å². The van der Waals surface area contributed by atoms with Crippen LogP contribution in [0, 0.1) is 0 Å². The first-order valence-corrected chi connectivity index (χ1v) is 7.09. The maximum atomic E-state index is 10.8. The van der Waals surface area contributed by atoms with Gasteiger partial charge in [-0.05, 0) is 19.9 Å². The molecule has 0 aliphatic heterocycles. The van der Waals surface area contributed by atoms with Gasteiger partial charge in [-0.15, -0.1) is 0 Å². The topological polar surface area (TPSA) is 93.0 Å². The SMILES string of the molecule is CCN(CC)c1ccc(C(O)C(O)CNC(C)=O)c(O)c1. The number of rotatable bonds is 7. The molecule has 1 aromatic carbocycles. The van der Waals surface area contributed by atoms with Crippen molar-refractivity contribution in [1.82, 2.24) is 5.32 Å². The molecule has 118 valence electrons. The molecule has 0 saturated carbocycles. The molecule has 1 aromatic rings. The Labute approximate surface area is 125 Å². The van der Waals surface area contributed by atoms with Crippen molar-refractivity contribution in [3.63, 3.8) is 0 Å². The number of nitrogens with one attached hydrogen (secondary N) is 1. The van der Waals surface area contributed by atoms with Gasteiger partial charge in [0, 0.05) is 43.9 Å². The predicted octanol–water partition coefficient (Wildman–Crippen LogP) is 0.769. The van der Waals surface area contributed by atoms with Crippen LogP contribution in [0.25, 0.3) is 0 Å². The Hall–Kier alpha value is -1.79. The molecule has 0 saturated heterocycles. The van der Waals surface area contributed by atoms with Crippen molar-refractivity contribution in [2.45, 2.75) is 33.0 Å². The molecule has 0 aromatic heterocycles. The second-order valence-corrected chi connectivity index (χ2v) is 4.86. The lowest BCUT2D eigenvalue weighted by Gasteiger charge is -2.23. The molecule has 6 heteroatoms. The van der Waals surface area contributed by atoms with E-state index in [-0.39, 0.29) is 23.8 Å². The Morgan fingerprint density at radius 2 is 1.90 bits per heavy atom. The van der Waals surface area contributed by atoms with Gasteiger partial charge in [-0.2, -0.15) is 0 Å². The van der Waals surface area contributed by atoms with Crippen molar-refractivity contribution in [3.05, 3.63) is 23.8 Å². The molecule has 0 fully saturated rings. The fourth-order valence-corrected chi connectivity index (χ4v) is 2.13. The average Bonchev–Trinajstić information content (AvgIpc) is 2.45. The molecule has 0 spiro atoms. The number of benzene rings is 1. The number of phenols is 1. The van der Waals surface area contributed by atoms with Crippen molar-refractivity contribution in [2.75, 3.05) is 24.5 Å². The van der Waals surface area contributed by atoms with Crippen LogP contribution in [0.15, 0.2) is 18.2 Å². The van der Waals surface area contributed by atoms with E-state index in [0.29, 0.717) is 0 Å². The molecular weight excluding hydrogens is 272 g/mol. The highest BCUT2D eigenvalue weighted by Gasteiger charge is 2.22. The van der Waals surface area contributed by atoms with E-state index in [0.717, 1.165) is 18.8 Å². The summed E-state index contributed by atoms with van der Waals surface area (Å²) in [5, 5.41) is 32.3. The fraction of sp³-hybridized carbons (Fsp3) is 0.533. The maximum Gasteiger partial charge on any atom is 0.216 e. The summed E-state index contributed by atoms with van der Waals surface area (Å²) in [7, 11) is 0. The molecule has 6 nitrogen and oxygen atoms in total. The Balaban J connectivity index is 2.86. The Morgan fingerprint density at radius 3 is 2.38 bits per heavy atom. The van der Waals surface area contributed by atoms with E-state index in [1.165, 1.54) is 6.92 Å². The number of nitrogens with zero attached hydrogens (tertiary/aromatic N) is 1. The molecule has 4 N–H and O–H groups in total. The van der Waals surface area contributed by atoms with Gasteiger partial charge in [0.25, 0.3) is 0 Å². The predicted molar refractivity (Wildman–Crippen MR) is 81.3 cm³/mol. The zero-order chi connectivity index (χ0) is 16.0. The van der Waals surface area contributed by atoms with Crippen molar-refractivity contribution in [2.24, 2.45) is 0 Å². The summed E-state index contributed by atoms with van der Waals surface area (Å²) >= 11 is 0. The van der Waals surface area contributed by atoms with Gasteiger partial charge in [0.05, 0.1) is 0 Å². The van der Waals surface area contributed by atoms with Crippen LogP contribution in [0.2, 0.25) is 0 Å². The number of aliphatic hydroxyl groups excluding tert-OH is 2. The molecule has 2 unspecified atom stereocenters. The largest absolute Gasteiger partial charge is 0.507 e. The van der Waals surface area contributed by atoms with Crippen molar-refractivity contribution < 1.29 is 20.1 Å². The zero-order valence-corrected chi connectivity index (χ0v) is 12.7. The normalized spacial score (nSPS) is 13.6. The maximum absolute atomic E-state index is 10.8. The molecule has 1 rings (SSSR count). The van der Waals surface area contributed by atoms with Crippen molar-refractivity contribution >= 4 is 11.6 Å². The molecule has 0 aliphatic rings. The minimum absolute atomic E-state index is 0.0752. The number of carbonyl (C=O) groups is 1. The summed E-state index contributed by atoms with van der Waals surface area (Å²) in [5.41, 5.74) is 1.09. The minimum Gasteiger partial charge on any atom is -0.507 e. The van der Waals surface area contributed by atoms with Gasteiger partial charge in [0.1, 0.15) is 18.0 Å². The third kappa shape index (κ3) is 4.61. The number of hydrogen-bond donors (Lipinski definition) is 4. The zero-order valence-electron chi connectivity index (χ0n) is 12.7. The van der Waals surface area contributed by atoms with E-state index in [4.69, 9.17) is 0 Å². The number of aromatic hydroxyl groups is 1. The van der Waals surface area contributed by atoms with Gasteiger partial charge >= 0.3 is 0 Å². The second-order valence-electron chi connectivity index (χ2n) is 4.86. The Bertz CT molecular complexity index is 475. The number of carbonyl (C=O) groups excluding carboxylic acids is 1. The first kappa shape index (κ1) is 17.3. The summed E-state index contributed by atoms with van der Waals surface area (Å²) in [6.07, 6.45) is -2.44. The molecular formula is C15H24N2O4. The summed E-state index contributed by atoms with van der Waals surface area (Å²) in [6.45, 7) is 6.90. The van der Waals surface area contributed by atoms with E-state index >= 15 is 0 Å². The van der Waals surface area contributed by atoms with E-state index in [1.807, 2.05) is 13.8 Å². The van der Waals surface area contributed by atoms with Crippen LogP contribution in [-0.2, 0) is 4.79 Å². The molecule has 21 heavy (non-hydrogen) atoms. The molecule has 2 atom stereocenters. The minimum atomic E-state index is -1.26. The smallest absolute Gasteiger partial charge is 0.216 e. The van der Waals surface area contributed by atoms with Gasteiger partial charge in [-0.25, -0.2) is 0 Å². The molecule has 1 amide bonds. The van der Waals surface area contributed by atoms with Crippen LogP contribution in [0.3, 0.4) is 0 Å². The van der Waals surface area contributed by atoms with E-state index in [1.54, 1.807) is 18.2 Å². The van der Waals surface area contributed by atoms with Crippen LogP contribution in [-0.4, -0.2) is 47.0 Å². The third-order valence-corrected chi connectivity index (χ3v) is 3.39. The van der Waals surface area contributed by atoms with Crippen LogP contribution < -0.4 is 10.2 Å². The summed E-state index contributed by atoms with van der Waals surface area (Å²) in [4.78, 5) is 12.9. The standard InChI is InChI=1S/C15H24N2O4/c1-4-17(5-2)11-6-7-12(13(19)8-11)15(21)14(20)9-16-10(3)18/h6-8,14-15,19-21H,4-5,9H2,1-3H3,(H,16,18). The highest BCUT2D eigenvalue weighted by molar-refractivity contribution is 5.72. The van der Waals surface area contributed by atoms with Crippen LogP contribution >= 0.6 is 0 Å². The first-order chi connectivity index (χ1) is 9.90. The van der Waals surface area contributed by atoms with E-state index < -0.39 is 12.2 Å². The lowest BCUT2D eigenvalue weighted by Crippen LogP contribution is -2.34. The van der Waals surface area contributed by atoms with Gasteiger partial charge in [0.15, 0.2) is 0 Å². The molecule has 0 radical (unpaired) electrons. The number of amides is 1. The number of aliphatic hydroxyl groups is 2. The van der Waals surface area contributed by atoms with Crippen LogP contribution in [0.5, 0.6) is 5.75 Å². The van der Waals surface area contributed by atoms with Crippen LogP contribution in [0.1, 0.15) is 32.4 Å². The number of hydrogen-bond acceptors (Lipinski definition) is 5. The lowest BCUT2D eigenvalue weighted by molar-refractivity contribution is -0.119. The lowest BCUT2D eigenvalue weighted by atomic mass is 10.0. The first-order valence-electron chi connectivity index (χ1n) is 7.09. The molecule has 0 heterocycles. The van der Waals surface area contributed by atoms with Crippen molar-refractivity contribution in [3.8, 4) is 5.75 Å². The fourth-order valence-electron chi connectivity index (χ4n) is 2.13. The summed E-state index contributed by atoms with van der Waals surface area (Å²) in [5.74, 6) is -0.365. The number of phenolic OH excluding ortho intramolecular Hbond substituents is 1. The van der Waals surface area contributed by atoms with E-state index in [2.05, 4.69) is 10.2 Å². The highest BCUT2D eigenvalue weighted by Crippen LogP contribution is 2.30. The summed E-state index contributed by atoms with van der Waals surface area (Å²) < 4.78 is 0.